The Hall–Kier alpha value is -5.17. The summed E-state index contributed by atoms with van der Waals surface area (Å²) in [5.74, 6) is 0.831. The molecule has 2 heterocycles. The third-order valence-electron chi connectivity index (χ3n) is 8.57. The molecule has 0 saturated heterocycles. The van der Waals surface area contributed by atoms with Crippen molar-refractivity contribution >= 4 is 71.3 Å². The highest BCUT2D eigenvalue weighted by molar-refractivity contribution is 9.10. The molecule has 0 unspecified atom stereocenters. The van der Waals surface area contributed by atoms with Gasteiger partial charge < -0.3 is 0 Å². The molecule has 0 N–H and O–H groups in total. The zero-order valence-electron chi connectivity index (χ0n) is 23.9. The van der Waals surface area contributed by atoms with E-state index >= 15 is 0 Å². The van der Waals surface area contributed by atoms with Gasteiger partial charge in [-0.05, 0) is 61.6 Å². The van der Waals surface area contributed by atoms with Gasteiger partial charge in [0.25, 0.3) is 0 Å². The lowest BCUT2D eigenvalue weighted by Gasteiger charge is -2.15. The first-order valence-corrected chi connectivity index (χ1v) is 16.3. The molecule has 0 aliphatic carbocycles. The van der Waals surface area contributed by atoms with Crippen LogP contribution >= 0.6 is 27.7 Å². The highest BCUT2D eigenvalue weighted by atomic mass is 79.9. The van der Waals surface area contributed by atoms with Gasteiger partial charge in [0.1, 0.15) is 16.9 Å². The highest BCUT2D eigenvalue weighted by Gasteiger charge is 2.24. The lowest BCUT2D eigenvalue weighted by Crippen LogP contribution is -2.00. The molecular formula is C39H23BrN4S. The molecule has 2 aromatic heterocycles. The molecule has 0 spiro atoms. The minimum absolute atomic E-state index is 0.831. The minimum Gasteiger partial charge on any atom is -0.290 e. The summed E-state index contributed by atoms with van der Waals surface area (Å²) in [5.41, 5.74) is 10.2. The van der Waals surface area contributed by atoms with Crippen LogP contribution in [0.1, 0.15) is 0 Å². The lowest BCUT2D eigenvalue weighted by atomic mass is 9.99. The third kappa shape index (κ3) is 4.14. The quantitative estimate of drug-likeness (QED) is 0.177. The summed E-state index contributed by atoms with van der Waals surface area (Å²) in [4.78, 5) is 5.47. The number of hydrogen-bond donors (Lipinski definition) is 0. The normalized spacial score (nSPS) is 11.7. The van der Waals surface area contributed by atoms with E-state index in [2.05, 4.69) is 148 Å². The van der Waals surface area contributed by atoms with E-state index in [0.29, 0.717) is 0 Å². The number of fused-ring (bicyclic) bond motifs is 7. The molecule has 0 bridgehead atoms. The molecule has 0 aliphatic heterocycles. The molecule has 0 radical (unpaired) electrons. The first-order valence-electron chi connectivity index (χ1n) is 14.7. The fraction of sp³-hybridized carbons (Fsp3) is 0. The molecule has 9 rings (SSSR count). The van der Waals surface area contributed by atoms with Crippen molar-refractivity contribution in [2.24, 2.45) is 0 Å². The Morgan fingerprint density at radius 2 is 1.07 bits per heavy atom. The predicted molar refractivity (Wildman–Crippen MR) is 191 cm³/mol. The molecule has 9 aromatic rings. The topological polar surface area (TPSA) is 43.6 Å². The Kier molecular flexibility index (Phi) is 6.11. The Balaban J connectivity index is 1.40. The number of nitrogens with zero attached hydrogens (tertiary/aromatic N) is 4. The second kappa shape index (κ2) is 10.5. The summed E-state index contributed by atoms with van der Waals surface area (Å²) in [6.45, 7) is 0. The summed E-state index contributed by atoms with van der Waals surface area (Å²) in [6.07, 6.45) is 0. The molecular weight excluding hydrogens is 636 g/mol. The molecule has 0 saturated carbocycles. The van der Waals surface area contributed by atoms with Crippen molar-refractivity contribution in [2.75, 3.05) is 0 Å². The molecule has 0 atom stereocenters. The van der Waals surface area contributed by atoms with Crippen molar-refractivity contribution in [3.63, 3.8) is 0 Å². The Morgan fingerprint density at radius 3 is 1.78 bits per heavy atom. The van der Waals surface area contributed by atoms with Crippen molar-refractivity contribution in [3.05, 3.63) is 144 Å². The lowest BCUT2D eigenvalue weighted by molar-refractivity contribution is 1.10. The zero-order valence-corrected chi connectivity index (χ0v) is 26.3. The van der Waals surface area contributed by atoms with Crippen molar-refractivity contribution in [3.8, 4) is 39.3 Å². The number of benzene rings is 7. The van der Waals surface area contributed by atoms with Gasteiger partial charge in [-0.15, -0.1) is 0 Å². The fourth-order valence-corrected chi connectivity index (χ4v) is 7.65. The maximum absolute atomic E-state index is 5.47. The number of rotatable bonds is 4. The van der Waals surface area contributed by atoms with Gasteiger partial charge in [-0.25, -0.2) is 4.98 Å². The predicted octanol–water partition coefficient (Wildman–Crippen LogP) is 11.1. The molecule has 45 heavy (non-hydrogen) atoms. The van der Waals surface area contributed by atoms with Gasteiger partial charge in [-0.2, -0.15) is 8.75 Å². The van der Waals surface area contributed by atoms with Gasteiger partial charge in [-0.1, -0.05) is 121 Å². The fourth-order valence-electron chi connectivity index (χ4n) is 6.52. The summed E-state index contributed by atoms with van der Waals surface area (Å²) in [6, 6.07) is 48.9. The summed E-state index contributed by atoms with van der Waals surface area (Å²) in [7, 11) is 0. The van der Waals surface area contributed by atoms with Crippen LogP contribution in [-0.4, -0.2) is 18.3 Å². The standard InChI is InChI=1S/C39H23BrN4S/c40-33-23-26(24-11-3-1-4-12-24)19-22-34(33)44-38-31-18-10-8-16-29(31)28-15-7-9-17-30(28)37(38)41-39(44)32-21-20-27(25-13-5-2-6-14-25)35-36(32)43-45-42-35/h1-23H. The van der Waals surface area contributed by atoms with E-state index in [9.17, 15) is 0 Å². The minimum atomic E-state index is 0.831. The van der Waals surface area contributed by atoms with Crippen molar-refractivity contribution in [1.29, 1.82) is 0 Å². The van der Waals surface area contributed by atoms with Gasteiger partial charge in [0.15, 0.2) is 0 Å². The van der Waals surface area contributed by atoms with Gasteiger partial charge in [0.05, 0.1) is 28.4 Å². The number of imidazole rings is 1. The molecule has 0 amide bonds. The van der Waals surface area contributed by atoms with Crippen LogP contribution in [0.15, 0.2) is 144 Å². The van der Waals surface area contributed by atoms with Crippen molar-refractivity contribution < 1.29 is 0 Å². The second-order valence-corrected chi connectivity index (χ2v) is 12.5. The molecule has 7 aromatic carbocycles. The molecule has 4 nitrogen and oxygen atoms in total. The summed E-state index contributed by atoms with van der Waals surface area (Å²) < 4.78 is 12.9. The van der Waals surface area contributed by atoms with Crippen LogP contribution in [-0.2, 0) is 0 Å². The van der Waals surface area contributed by atoms with Crippen molar-refractivity contribution in [1.82, 2.24) is 18.3 Å². The number of halogens is 1. The Bertz CT molecular complexity index is 2550. The van der Waals surface area contributed by atoms with Crippen LogP contribution in [0.3, 0.4) is 0 Å². The van der Waals surface area contributed by atoms with Crippen LogP contribution < -0.4 is 0 Å². The maximum Gasteiger partial charge on any atom is 0.148 e. The molecule has 212 valence electrons. The first kappa shape index (κ1) is 26.3. The second-order valence-electron chi connectivity index (χ2n) is 11.1. The number of hydrogen-bond acceptors (Lipinski definition) is 4. The van der Waals surface area contributed by atoms with E-state index in [1.807, 2.05) is 12.1 Å². The van der Waals surface area contributed by atoms with Crippen molar-refractivity contribution in [2.45, 2.75) is 0 Å². The number of aromatic nitrogens is 4. The summed E-state index contributed by atoms with van der Waals surface area (Å²) in [5, 5.41) is 4.66. The largest absolute Gasteiger partial charge is 0.290 e. The van der Waals surface area contributed by atoms with Crippen LogP contribution in [0, 0.1) is 0 Å². The first-order chi connectivity index (χ1) is 22.3. The SMILES string of the molecule is Brc1cc(-c2ccccc2)ccc1-n1c(-c2ccc(-c3ccccc3)c3nsnc23)nc2c3ccccc3c3ccccc3c21. The zero-order chi connectivity index (χ0) is 29.9. The smallest absolute Gasteiger partial charge is 0.148 e. The van der Waals surface area contributed by atoms with Gasteiger partial charge in [0.2, 0.25) is 0 Å². The highest BCUT2D eigenvalue weighted by Crippen LogP contribution is 2.43. The maximum atomic E-state index is 5.47. The summed E-state index contributed by atoms with van der Waals surface area (Å²) >= 11 is 5.22. The van der Waals surface area contributed by atoms with E-state index in [-0.39, 0.29) is 0 Å². The monoisotopic (exact) mass is 658 g/mol. The average molecular weight is 660 g/mol. The van der Waals surface area contributed by atoms with E-state index < -0.39 is 0 Å². The van der Waals surface area contributed by atoms with E-state index in [0.717, 1.165) is 71.1 Å². The van der Waals surface area contributed by atoms with Crippen LogP contribution in [0.4, 0.5) is 0 Å². The average Bonchev–Trinajstić information content (AvgIpc) is 3.75. The van der Waals surface area contributed by atoms with Crippen LogP contribution in [0.5, 0.6) is 0 Å². The van der Waals surface area contributed by atoms with E-state index in [1.54, 1.807) is 0 Å². The molecule has 0 aliphatic rings. The van der Waals surface area contributed by atoms with Crippen LogP contribution in [0.25, 0.3) is 82.9 Å². The van der Waals surface area contributed by atoms with Gasteiger partial charge in [0, 0.05) is 26.4 Å². The molecule has 0 fully saturated rings. The van der Waals surface area contributed by atoms with Gasteiger partial charge >= 0.3 is 0 Å². The van der Waals surface area contributed by atoms with Gasteiger partial charge in [-0.3, -0.25) is 4.57 Å². The van der Waals surface area contributed by atoms with E-state index in [4.69, 9.17) is 13.7 Å². The molecule has 6 heteroatoms. The van der Waals surface area contributed by atoms with Crippen LogP contribution in [0.2, 0.25) is 0 Å². The third-order valence-corrected chi connectivity index (χ3v) is 9.73. The van der Waals surface area contributed by atoms with E-state index in [1.165, 1.54) is 28.1 Å². The Labute approximate surface area is 271 Å². The Morgan fingerprint density at radius 1 is 0.489 bits per heavy atom.